The van der Waals surface area contributed by atoms with E-state index in [-0.39, 0.29) is 0 Å². The first-order chi connectivity index (χ1) is 31.6. The summed E-state index contributed by atoms with van der Waals surface area (Å²) < 4.78 is 0. The summed E-state index contributed by atoms with van der Waals surface area (Å²) in [6.45, 7) is 7.50. The fourth-order valence-corrected chi connectivity index (χ4v) is 9.44. The van der Waals surface area contributed by atoms with E-state index in [0.29, 0.717) is 5.92 Å². The molecular weight excluding hydrogens is 775 g/mol. The lowest BCUT2D eigenvalue weighted by Crippen LogP contribution is -2.12. The van der Waals surface area contributed by atoms with Crippen molar-refractivity contribution in [2.45, 2.75) is 33.6 Å². The zero-order valence-electron chi connectivity index (χ0n) is 36.9. The lowest BCUT2D eigenvalue weighted by atomic mass is 9.96. The molecule has 2 heterocycles. The van der Waals surface area contributed by atoms with Crippen molar-refractivity contribution in [3.8, 4) is 22.3 Å². The first-order valence-electron chi connectivity index (χ1n) is 22.7. The van der Waals surface area contributed by atoms with E-state index in [4.69, 9.17) is 0 Å². The average molecular weight is 828 g/mol. The van der Waals surface area contributed by atoms with Crippen molar-refractivity contribution in [2.24, 2.45) is 5.92 Å². The summed E-state index contributed by atoms with van der Waals surface area (Å²) in [4.78, 5) is 7.15. The van der Waals surface area contributed by atoms with Gasteiger partial charge in [-0.2, -0.15) is 0 Å². The van der Waals surface area contributed by atoms with Gasteiger partial charge in [0.1, 0.15) is 0 Å². The standard InChI is InChI=1S/C61H53N3/c1-4-6-16-51-43-63(60-23-12-10-21-58(51)60)53-35-27-47(28-36-53)49-31-39-55(40-32-49)64(61-24-13-18-50-17-7-8-20-57(50)61)54-37-29-48(30-38-54)46-25-33-52(34-26-46)62-41-14-15-44(3)42-45(5-2)56-19-9-11-22-59(56)62/h4,6-14,16-42,44H,5,15,43H2,1-3H3/b6-4-,41-14+,45-42+,51-16+. The van der Waals surface area contributed by atoms with E-state index in [1.165, 1.54) is 72.4 Å². The summed E-state index contributed by atoms with van der Waals surface area (Å²) in [6.07, 6.45) is 15.5. The van der Waals surface area contributed by atoms with E-state index < -0.39 is 0 Å². The Balaban J connectivity index is 0.937. The lowest BCUT2D eigenvalue weighted by molar-refractivity contribution is 0.743. The Morgan fingerprint density at radius 1 is 0.578 bits per heavy atom. The Morgan fingerprint density at radius 2 is 1.14 bits per heavy atom. The van der Waals surface area contributed by atoms with Crippen LogP contribution in [0.3, 0.4) is 0 Å². The Bertz CT molecular complexity index is 3040. The van der Waals surface area contributed by atoms with Crippen LogP contribution in [0.25, 0.3) is 44.2 Å². The minimum Gasteiger partial charge on any atom is -0.336 e. The highest BCUT2D eigenvalue weighted by atomic mass is 15.2. The second-order valence-electron chi connectivity index (χ2n) is 16.9. The number of rotatable bonds is 9. The van der Waals surface area contributed by atoms with Crippen molar-refractivity contribution in [1.82, 2.24) is 0 Å². The molecule has 0 radical (unpaired) electrons. The van der Waals surface area contributed by atoms with E-state index in [1.54, 1.807) is 0 Å². The van der Waals surface area contributed by atoms with Crippen LogP contribution >= 0.6 is 0 Å². The maximum atomic E-state index is 2.45. The molecule has 1 unspecified atom stereocenters. The zero-order valence-corrected chi connectivity index (χ0v) is 36.9. The number of allylic oxidation sites excluding steroid dienone is 6. The number of benzene rings is 8. The quantitative estimate of drug-likeness (QED) is 0.144. The van der Waals surface area contributed by atoms with Gasteiger partial charge in [-0.25, -0.2) is 0 Å². The molecule has 8 aromatic rings. The molecule has 0 N–H and O–H groups in total. The SMILES string of the molecule is C/C=C\C=C1/CN(c2ccc(-c3ccc(N(c4ccc(-c5ccc(N6/C=C/CC(C)/C=C(\CC)c7ccccc76)cc5)cc4)c4cccc5ccccc45)cc3)cc2)c2ccccc21. The van der Waals surface area contributed by atoms with Crippen LogP contribution in [-0.4, -0.2) is 6.54 Å². The molecule has 1 atom stereocenters. The van der Waals surface area contributed by atoms with Crippen LogP contribution in [0.15, 0.2) is 225 Å². The van der Waals surface area contributed by atoms with Crippen LogP contribution < -0.4 is 14.7 Å². The van der Waals surface area contributed by atoms with Gasteiger partial charge in [0.15, 0.2) is 0 Å². The minimum atomic E-state index is 0.490. The van der Waals surface area contributed by atoms with E-state index in [1.807, 2.05) is 0 Å². The molecule has 2 aliphatic heterocycles. The molecule has 2 aliphatic rings. The van der Waals surface area contributed by atoms with Gasteiger partial charge < -0.3 is 14.7 Å². The molecule has 0 aromatic heterocycles. The van der Waals surface area contributed by atoms with Crippen LogP contribution in [0.1, 0.15) is 44.7 Å². The van der Waals surface area contributed by atoms with Gasteiger partial charge in [0.05, 0.1) is 11.4 Å². The van der Waals surface area contributed by atoms with Gasteiger partial charge in [-0.05, 0) is 131 Å². The molecule has 3 heteroatoms. The van der Waals surface area contributed by atoms with Crippen molar-refractivity contribution >= 4 is 61.7 Å². The van der Waals surface area contributed by atoms with Gasteiger partial charge in [0.2, 0.25) is 0 Å². The largest absolute Gasteiger partial charge is 0.336 e. The van der Waals surface area contributed by atoms with Crippen LogP contribution in [-0.2, 0) is 0 Å². The molecule has 0 spiro atoms. The van der Waals surface area contributed by atoms with E-state index in [9.17, 15) is 0 Å². The van der Waals surface area contributed by atoms with Crippen LogP contribution in [0, 0.1) is 5.92 Å². The third kappa shape index (κ3) is 7.98. The van der Waals surface area contributed by atoms with E-state index in [2.05, 4.69) is 260 Å². The molecule has 3 nitrogen and oxygen atoms in total. The molecule has 312 valence electrons. The predicted octanol–water partition coefficient (Wildman–Crippen LogP) is 17.2. The molecule has 0 bridgehead atoms. The summed E-state index contributed by atoms with van der Waals surface area (Å²) >= 11 is 0. The molecule has 0 saturated carbocycles. The summed E-state index contributed by atoms with van der Waals surface area (Å²) in [5.74, 6) is 0.490. The molecule has 0 fully saturated rings. The summed E-state index contributed by atoms with van der Waals surface area (Å²) in [7, 11) is 0. The Hall–Kier alpha value is -7.62. The highest BCUT2D eigenvalue weighted by Crippen LogP contribution is 2.43. The first-order valence-corrected chi connectivity index (χ1v) is 22.7. The fraction of sp³-hybridized carbons (Fsp3) is 0.115. The van der Waals surface area contributed by atoms with Crippen LogP contribution in [0.4, 0.5) is 39.8 Å². The van der Waals surface area contributed by atoms with Crippen molar-refractivity contribution < 1.29 is 0 Å². The monoisotopic (exact) mass is 827 g/mol. The predicted molar refractivity (Wildman–Crippen MR) is 276 cm³/mol. The van der Waals surface area contributed by atoms with Gasteiger partial charge in [-0.15, -0.1) is 0 Å². The maximum absolute atomic E-state index is 2.45. The molecular formula is C61H53N3. The minimum absolute atomic E-state index is 0.490. The van der Waals surface area contributed by atoms with Crippen molar-refractivity contribution in [2.75, 3.05) is 21.2 Å². The lowest BCUT2D eigenvalue weighted by Gasteiger charge is -2.27. The fourth-order valence-electron chi connectivity index (χ4n) is 9.44. The van der Waals surface area contributed by atoms with Crippen molar-refractivity contribution in [3.63, 3.8) is 0 Å². The first kappa shape index (κ1) is 40.5. The molecule has 64 heavy (non-hydrogen) atoms. The van der Waals surface area contributed by atoms with Gasteiger partial charge in [0, 0.05) is 57.7 Å². The van der Waals surface area contributed by atoms with Crippen molar-refractivity contribution in [1.29, 1.82) is 0 Å². The number of nitrogens with zero attached hydrogens (tertiary/aromatic N) is 3. The highest BCUT2D eigenvalue weighted by Gasteiger charge is 2.24. The van der Waals surface area contributed by atoms with Gasteiger partial charge in [0.25, 0.3) is 0 Å². The van der Waals surface area contributed by atoms with Crippen LogP contribution in [0.2, 0.25) is 0 Å². The Morgan fingerprint density at radius 3 is 1.80 bits per heavy atom. The molecule has 0 aliphatic carbocycles. The topological polar surface area (TPSA) is 9.72 Å². The van der Waals surface area contributed by atoms with Gasteiger partial charge >= 0.3 is 0 Å². The highest BCUT2D eigenvalue weighted by molar-refractivity contribution is 5.99. The Kier molecular flexibility index (Phi) is 11.4. The summed E-state index contributed by atoms with van der Waals surface area (Å²) in [5.41, 5.74) is 18.3. The average Bonchev–Trinajstić information content (AvgIpc) is 3.75. The van der Waals surface area contributed by atoms with Gasteiger partial charge in [-0.3, -0.25) is 0 Å². The van der Waals surface area contributed by atoms with Crippen LogP contribution in [0.5, 0.6) is 0 Å². The third-order valence-corrected chi connectivity index (χ3v) is 12.7. The summed E-state index contributed by atoms with van der Waals surface area (Å²) in [6, 6.07) is 68.8. The number of anilines is 7. The van der Waals surface area contributed by atoms with Crippen molar-refractivity contribution in [3.05, 3.63) is 236 Å². The molecule has 0 amide bonds. The maximum Gasteiger partial charge on any atom is 0.0540 e. The number of hydrogen-bond donors (Lipinski definition) is 0. The zero-order chi connectivity index (χ0) is 43.4. The Labute approximate surface area is 378 Å². The number of hydrogen-bond acceptors (Lipinski definition) is 3. The molecule has 0 saturated heterocycles. The third-order valence-electron chi connectivity index (χ3n) is 12.7. The second-order valence-corrected chi connectivity index (χ2v) is 16.9. The second kappa shape index (κ2) is 18.0. The number of para-hydroxylation sites is 2. The number of fused-ring (bicyclic) bond motifs is 3. The van der Waals surface area contributed by atoms with E-state index >= 15 is 0 Å². The normalized spacial score (nSPS) is 16.8. The summed E-state index contributed by atoms with van der Waals surface area (Å²) in [5, 5.41) is 2.43. The molecule has 8 aromatic carbocycles. The smallest absolute Gasteiger partial charge is 0.0540 e. The van der Waals surface area contributed by atoms with Gasteiger partial charge in [-0.1, -0.05) is 166 Å². The molecule has 10 rings (SSSR count). The van der Waals surface area contributed by atoms with E-state index in [0.717, 1.165) is 42.1 Å².